The summed E-state index contributed by atoms with van der Waals surface area (Å²) in [5, 5.41) is 0.640. The molecule has 186 valence electrons. The first-order valence-corrected chi connectivity index (χ1v) is 13.6. The van der Waals surface area contributed by atoms with Gasteiger partial charge in [0, 0.05) is 30.4 Å². The zero-order chi connectivity index (χ0) is 25.8. The number of carbonyl (C=O) groups excluding carboxylic acids is 1. The van der Waals surface area contributed by atoms with Crippen LogP contribution < -0.4 is 19.3 Å². The molecule has 0 atom stereocenters. The van der Waals surface area contributed by atoms with E-state index in [1.807, 2.05) is 92.7 Å². The third-order valence-corrected chi connectivity index (χ3v) is 7.64. The fourth-order valence-corrected chi connectivity index (χ4v) is 5.64. The molecule has 0 bridgehead atoms. The Morgan fingerprint density at radius 2 is 1.83 bits per heavy atom. The molecule has 0 aromatic heterocycles. The molecule has 0 N–H and O–H groups in total. The van der Waals surface area contributed by atoms with Crippen molar-refractivity contribution in [2.24, 2.45) is 0 Å². The standard InChI is InChI=1S/C27H24BrClN2O3S2/c1-4-33-23-14-17(13-21(28)25(23)34-16-18-7-5-6-8-22(18)29)15-24-26(32)31(27(35)36-24)20-11-9-19(10-12-20)30(2)3/h5-15H,4,16H2,1-3H3/b24-15+. The van der Waals surface area contributed by atoms with Crippen LogP contribution in [0, 0.1) is 0 Å². The van der Waals surface area contributed by atoms with Crippen molar-refractivity contribution in [1.82, 2.24) is 0 Å². The smallest absolute Gasteiger partial charge is 0.270 e. The first kappa shape index (κ1) is 26.5. The predicted molar refractivity (Wildman–Crippen MR) is 158 cm³/mol. The van der Waals surface area contributed by atoms with Crippen molar-refractivity contribution in [2.45, 2.75) is 13.5 Å². The number of benzene rings is 3. The monoisotopic (exact) mass is 602 g/mol. The highest BCUT2D eigenvalue weighted by Gasteiger charge is 2.33. The molecule has 0 unspecified atom stereocenters. The van der Waals surface area contributed by atoms with Gasteiger partial charge in [0.1, 0.15) is 6.61 Å². The van der Waals surface area contributed by atoms with E-state index >= 15 is 0 Å². The van der Waals surface area contributed by atoms with Crippen molar-refractivity contribution in [3.8, 4) is 11.5 Å². The molecule has 3 aromatic carbocycles. The van der Waals surface area contributed by atoms with Gasteiger partial charge in [-0.3, -0.25) is 9.69 Å². The minimum Gasteiger partial charge on any atom is -0.490 e. The van der Waals surface area contributed by atoms with E-state index in [1.165, 1.54) is 11.8 Å². The summed E-state index contributed by atoms with van der Waals surface area (Å²) in [6, 6.07) is 19.0. The van der Waals surface area contributed by atoms with Crippen LogP contribution in [0.25, 0.3) is 6.08 Å². The summed E-state index contributed by atoms with van der Waals surface area (Å²) in [6.07, 6.45) is 1.82. The van der Waals surface area contributed by atoms with Gasteiger partial charge in [0.15, 0.2) is 15.8 Å². The van der Waals surface area contributed by atoms with Gasteiger partial charge in [-0.15, -0.1) is 0 Å². The largest absolute Gasteiger partial charge is 0.490 e. The highest BCUT2D eigenvalue weighted by molar-refractivity contribution is 9.10. The van der Waals surface area contributed by atoms with E-state index < -0.39 is 0 Å². The minimum absolute atomic E-state index is 0.157. The lowest BCUT2D eigenvalue weighted by atomic mass is 10.1. The van der Waals surface area contributed by atoms with Crippen molar-refractivity contribution in [1.29, 1.82) is 0 Å². The SMILES string of the molecule is CCOc1cc(/C=C2/SC(=S)N(c3ccc(N(C)C)cc3)C2=O)cc(Br)c1OCc1ccccc1Cl. The van der Waals surface area contributed by atoms with E-state index in [1.54, 1.807) is 4.90 Å². The van der Waals surface area contributed by atoms with Crippen LogP contribution >= 0.6 is 51.5 Å². The van der Waals surface area contributed by atoms with Gasteiger partial charge in [-0.2, -0.15) is 0 Å². The summed E-state index contributed by atoms with van der Waals surface area (Å²) in [5.41, 5.74) is 3.45. The maximum absolute atomic E-state index is 13.3. The number of rotatable bonds is 8. The molecule has 0 spiro atoms. The molecule has 0 aliphatic carbocycles. The number of thioether (sulfide) groups is 1. The molecule has 0 radical (unpaired) electrons. The Kier molecular flexibility index (Phi) is 8.62. The van der Waals surface area contributed by atoms with Gasteiger partial charge in [0.25, 0.3) is 5.91 Å². The molecule has 4 rings (SSSR count). The lowest BCUT2D eigenvalue weighted by molar-refractivity contribution is -0.113. The topological polar surface area (TPSA) is 42.0 Å². The second-order valence-electron chi connectivity index (χ2n) is 8.07. The molecule has 36 heavy (non-hydrogen) atoms. The first-order valence-electron chi connectivity index (χ1n) is 11.2. The van der Waals surface area contributed by atoms with Crippen LogP contribution in [0.3, 0.4) is 0 Å². The van der Waals surface area contributed by atoms with Gasteiger partial charge in [0.2, 0.25) is 0 Å². The summed E-state index contributed by atoms with van der Waals surface area (Å²) >= 11 is 16.7. The molecule has 1 amide bonds. The van der Waals surface area contributed by atoms with E-state index in [2.05, 4.69) is 15.9 Å². The average molecular weight is 604 g/mol. The van der Waals surface area contributed by atoms with Crippen LogP contribution in [0.15, 0.2) is 70.0 Å². The Balaban J connectivity index is 1.59. The van der Waals surface area contributed by atoms with Crippen LogP contribution in [0.2, 0.25) is 5.02 Å². The number of halogens is 2. The first-order chi connectivity index (χ1) is 17.3. The van der Waals surface area contributed by atoms with Gasteiger partial charge in [-0.25, -0.2) is 0 Å². The molecule has 1 aliphatic rings. The molecule has 1 saturated heterocycles. The Morgan fingerprint density at radius 3 is 2.50 bits per heavy atom. The normalized spacial score (nSPS) is 14.5. The molecular weight excluding hydrogens is 580 g/mol. The van der Waals surface area contributed by atoms with Crippen molar-refractivity contribution in [3.05, 3.63) is 86.2 Å². The molecule has 5 nitrogen and oxygen atoms in total. The number of hydrogen-bond donors (Lipinski definition) is 0. The van der Waals surface area contributed by atoms with E-state index in [4.69, 9.17) is 33.3 Å². The van der Waals surface area contributed by atoms with Crippen LogP contribution in [-0.2, 0) is 11.4 Å². The number of carbonyl (C=O) groups is 1. The number of ether oxygens (including phenoxy) is 2. The van der Waals surface area contributed by atoms with Gasteiger partial charge in [-0.05, 0) is 77.0 Å². The maximum atomic E-state index is 13.3. The zero-order valence-electron chi connectivity index (χ0n) is 20.0. The van der Waals surface area contributed by atoms with E-state index in [0.717, 1.165) is 22.5 Å². The third kappa shape index (κ3) is 5.89. The minimum atomic E-state index is -0.157. The maximum Gasteiger partial charge on any atom is 0.270 e. The van der Waals surface area contributed by atoms with Crippen LogP contribution in [-0.4, -0.2) is 30.9 Å². The molecule has 1 aliphatic heterocycles. The van der Waals surface area contributed by atoms with Crippen molar-refractivity contribution in [2.75, 3.05) is 30.5 Å². The molecule has 3 aromatic rings. The van der Waals surface area contributed by atoms with Crippen LogP contribution in [0.4, 0.5) is 11.4 Å². The summed E-state index contributed by atoms with van der Waals surface area (Å²) in [6.45, 7) is 2.66. The second-order valence-corrected chi connectivity index (χ2v) is 11.0. The van der Waals surface area contributed by atoms with E-state index in [0.29, 0.717) is 43.4 Å². The summed E-state index contributed by atoms with van der Waals surface area (Å²) in [5.74, 6) is 0.984. The van der Waals surface area contributed by atoms with E-state index in [9.17, 15) is 4.79 Å². The number of hydrogen-bond acceptors (Lipinski definition) is 6. The number of thiocarbonyl (C=S) groups is 1. The van der Waals surface area contributed by atoms with Crippen molar-refractivity contribution >= 4 is 79.2 Å². The number of amides is 1. The number of nitrogens with zero attached hydrogens (tertiary/aromatic N) is 2. The molecule has 0 saturated carbocycles. The third-order valence-electron chi connectivity index (χ3n) is 5.38. The van der Waals surface area contributed by atoms with Gasteiger partial charge < -0.3 is 14.4 Å². The van der Waals surface area contributed by atoms with Gasteiger partial charge in [0.05, 0.1) is 21.7 Å². The van der Waals surface area contributed by atoms with Gasteiger partial charge in [-0.1, -0.05) is 53.8 Å². The van der Waals surface area contributed by atoms with Crippen LogP contribution in [0.5, 0.6) is 11.5 Å². The lowest BCUT2D eigenvalue weighted by Crippen LogP contribution is -2.27. The Labute approximate surface area is 234 Å². The molecule has 1 fully saturated rings. The second kappa shape index (κ2) is 11.7. The van der Waals surface area contributed by atoms with Crippen molar-refractivity contribution in [3.63, 3.8) is 0 Å². The Bertz CT molecular complexity index is 1330. The summed E-state index contributed by atoms with van der Waals surface area (Å²) < 4.78 is 13.1. The fraction of sp³-hybridized carbons (Fsp3) is 0.185. The van der Waals surface area contributed by atoms with Crippen LogP contribution in [0.1, 0.15) is 18.1 Å². The highest BCUT2D eigenvalue weighted by atomic mass is 79.9. The van der Waals surface area contributed by atoms with Crippen molar-refractivity contribution < 1.29 is 14.3 Å². The van der Waals surface area contributed by atoms with E-state index in [-0.39, 0.29) is 5.91 Å². The summed E-state index contributed by atoms with van der Waals surface area (Å²) in [7, 11) is 3.94. The van der Waals surface area contributed by atoms with Gasteiger partial charge >= 0.3 is 0 Å². The zero-order valence-corrected chi connectivity index (χ0v) is 23.9. The fourth-order valence-electron chi connectivity index (χ4n) is 3.58. The predicted octanol–water partition coefficient (Wildman–Crippen LogP) is 7.55. The number of anilines is 2. The molecule has 9 heteroatoms. The Morgan fingerprint density at radius 1 is 1.11 bits per heavy atom. The molecular formula is C27H24BrClN2O3S2. The average Bonchev–Trinajstić information content (AvgIpc) is 3.12. The highest BCUT2D eigenvalue weighted by Crippen LogP contribution is 2.41. The Hall–Kier alpha value is -2.52. The quantitative estimate of drug-likeness (QED) is 0.196. The lowest BCUT2D eigenvalue weighted by Gasteiger charge is -2.17. The summed E-state index contributed by atoms with van der Waals surface area (Å²) in [4.78, 5) is 17.4. The molecule has 1 heterocycles.